The molecular formula is C9H17O4P. The first-order valence-corrected chi connectivity index (χ1v) is 6.29. The van der Waals surface area contributed by atoms with Crippen LogP contribution in [0.3, 0.4) is 0 Å². The smallest absolute Gasteiger partial charge is 0.358 e. The van der Waals surface area contributed by atoms with Gasteiger partial charge in [-0.25, -0.2) is 0 Å². The molecule has 0 aromatic rings. The predicted molar refractivity (Wildman–Crippen MR) is 54.1 cm³/mol. The fourth-order valence-corrected chi connectivity index (χ4v) is 3.00. The van der Waals surface area contributed by atoms with Gasteiger partial charge in [-0.15, -0.1) is 0 Å². The van der Waals surface area contributed by atoms with Crippen LogP contribution < -0.4 is 0 Å². The molecule has 0 saturated carbocycles. The highest BCUT2D eigenvalue weighted by Crippen LogP contribution is 2.54. The Morgan fingerprint density at radius 2 is 2.07 bits per heavy atom. The van der Waals surface area contributed by atoms with Gasteiger partial charge in [0.05, 0.1) is 0 Å². The molecule has 0 fully saturated rings. The SMILES string of the molecule is COP(=O)(OC)[C@@H](O)[C@@H]1CC=CCC1. The standard InChI is InChI=1S/C9H17O4P/c1-12-14(11,13-2)9(10)8-6-4-3-5-7-8/h3-4,8-10H,5-7H2,1-2H3/t8-,9-/m1/s1. The highest BCUT2D eigenvalue weighted by atomic mass is 31.2. The van der Waals surface area contributed by atoms with Crippen molar-refractivity contribution in [1.82, 2.24) is 0 Å². The Balaban J connectivity index is 2.67. The van der Waals surface area contributed by atoms with Gasteiger partial charge in [0.25, 0.3) is 0 Å². The zero-order valence-corrected chi connectivity index (χ0v) is 9.44. The van der Waals surface area contributed by atoms with Gasteiger partial charge < -0.3 is 14.2 Å². The zero-order chi connectivity index (χ0) is 10.6. The fraction of sp³-hybridized carbons (Fsp3) is 0.778. The van der Waals surface area contributed by atoms with Crippen molar-refractivity contribution in [3.63, 3.8) is 0 Å². The molecule has 14 heavy (non-hydrogen) atoms. The van der Waals surface area contributed by atoms with Gasteiger partial charge >= 0.3 is 7.60 Å². The molecule has 0 radical (unpaired) electrons. The van der Waals surface area contributed by atoms with Crippen molar-refractivity contribution < 1.29 is 18.7 Å². The van der Waals surface area contributed by atoms with Gasteiger partial charge in [0, 0.05) is 20.1 Å². The zero-order valence-electron chi connectivity index (χ0n) is 8.55. The van der Waals surface area contributed by atoms with Crippen molar-refractivity contribution in [2.24, 2.45) is 5.92 Å². The lowest BCUT2D eigenvalue weighted by molar-refractivity contribution is 0.123. The molecule has 82 valence electrons. The second kappa shape index (κ2) is 5.08. The summed E-state index contributed by atoms with van der Waals surface area (Å²) in [6.07, 6.45) is 6.53. The average molecular weight is 220 g/mol. The monoisotopic (exact) mass is 220 g/mol. The number of aliphatic hydroxyl groups excluding tert-OH is 1. The number of aliphatic hydroxyl groups is 1. The third-order valence-corrected chi connectivity index (χ3v) is 4.65. The summed E-state index contributed by atoms with van der Waals surface area (Å²) >= 11 is 0. The quantitative estimate of drug-likeness (QED) is 0.582. The molecule has 4 nitrogen and oxygen atoms in total. The lowest BCUT2D eigenvalue weighted by Crippen LogP contribution is -2.22. The second-order valence-corrected chi connectivity index (χ2v) is 5.70. The maximum atomic E-state index is 11.8. The molecule has 0 aliphatic heterocycles. The highest BCUT2D eigenvalue weighted by molar-refractivity contribution is 7.54. The number of hydrogen-bond acceptors (Lipinski definition) is 4. The van der Waals surface area contributed by atoms with Crippen LogP contribution in [0.15, 0.2) is 12.2 Å². The topological polar surface area (TPSA) is 55.8 Å². The van der Waals surface area contributed by atoms with E-state index in [1.54, 1.807) is 0 Å². The molecule has 1 rings (SSSR count). The van der Waals surface area contributed by atoms with Gasteiger partial charge in [-0.1, -0.05) is 12.2 Å². The summed E-state index contributed by atoms with van der Waals surface area (Å²) in [5.74, 6) is -1.03. The van der Waals surface area contributed by atoms with Crippen molar-refractivity contribution in [2.45, 2.75) is 25.1 Å². The van der Waals surface area contributed by atoms with Gasteiger partial charge in [-0.3, -0.25) is 4.57 Å². The molecule has 0 bridgehead atoms. The molecule has 1 N–H and O–H groups in total. The van der Waals surface area contributed by atoms with Crippen LogP contribution in [0.4, 0.5) is 0 Å². The van der Waals surface area contributed by atoms with Crippen LogP contribution in [0, 0.1) is 5.92 Å². The van der Waals surface area contributed by atoms with Crippen LogP contribution in [-0.2, 0) is 13.6 Å². The predicted octanol–water partition coefficient (Wildman–Crippen LogP) is 2.15. The summed E-state index contributed by atoms with van der Waals surface area (Å²) < 4.78 is 21.4. The Hall–Kier alpha value is -0.150. The molecule has 5 heteroatoms. The summed E-state index contributed by atoms with van der Waals surface area (Å²) in [7, 11) is -0.723. The Morgan fingerprint density at radius 1 is 1.43 bits per heavy atom. The summed E-state index contributed by atoms with van der Waals surface area (Å²) in [5.41, 5.74) is 0. The van der Waals surface area contributed by atoms with E-state index in [-0.39, 0.29) is 5.92 Å². The van der Waals surface area contributed by atoms with Crippen LogP contribution in [-0.4, -0.2) is 25.2 Å². The minimum Gasteiger partial charge on any atom is -0.380 e. The third-order valence-electron chi connectivity index (χ3n) is 2.56. The number of rotatable bonds is 4. The highest BCUT2D eigenvalue weighted by Gasteiger charge is 2.38. The first kappa shape index (κ1) is 11.9. The van der Waals surface area contributed by atoms with Gasteiger partial charge in [0.2, 0.25) is 0 Å². The maximum absolute atomic E-state index is 11.8. The van der Waals surface area contributed by atoms with Gasteiger partial charge in [-0.2, -0.15) is 0 Å². The van der Waals surface area contributed by atoms with Crippen LogP contribution in [0.2, 0.25) is 0 Å². The van der Waals surface area contributed by atoms with Crippen molar-refractivity contribution in [2.75, 3.05) is 14.2 Å². The van der Waals surface area contributed by atoms with E-state index in [1.807, 2.05) is 6.08 Å². The molecule has 0 heterocycles. The lowest BCUT2D eigenvalue weighted by atomic mass is 9.95. The van der Waals surface area contributed by atoms with E-state index in [0.29, 0.717) is 0 Å². The van der Waals surface area contributed by atoms with Crippen molar-refractivity contribution >= 4 is 7.60 Å². The van der Waals surface area contributed by atoms with Crippen molar-refractivity contribution in [1.29, 1.82) is 0 Å². The minimum atomic E-state index is -3.32. The molecule has 1 aliphatic rings. The summed E-state index contributed by atoms with van der Waals surface area (Å²) in [4.78, 5) is 0. The van der Waals surface area contributed by atoms with E-state index in [1.165, 1.54) is 14.2 Å². The van der Waals surface area contributed by atoms with Crippen LogP contribution in [0.5, 0.6) is 0 Å². The van der Waals surface area contributed by atoms with Crippen molar-refractivity contribution in [3.8, 4) is 0 Å². The van der Waals surface area contributed by atoms with Gasteiger partial charge in [-0.05, 0) is 19.3 Å². The van der Waals surface area contributed by atoms with E-state index < -0.39 is 13.4 Å². The number of allylic oxidation sites excluding steroid dienone is 2. The third kappa shape index (κ3) is 2.45. The molecule has 2 atom stereocenters. The largest absolute Gasteiger partial charge is 0.380 e. The molecule has 0 saturated heterocycles. The molecule has 1 aliphatic carbocycles. The molecule has 0 amide bonds. The van der Waals surface area contributed by atoms with Crippen molar-refractivity contribution in [3.05, 3.63) is 12.2 Å². The van der Waals surface area contributed by atoms with E-state index in [0.717, 1.165) is 19.3 Å². The Labute approximate surface area is 84.4 Å². The van der Waals surface area contributed by atoms with E-state index in [4.69, 9.17) is 9.05 Å². The molecule has 0 unspecified atom stereocenters. The van der Waals surface area contributed by atoms with Crippen LogP contribution in [0.25, 0.3) is 0 Å². The second-order valence-electron chi connectivity index (χ2n) is 3.36. The van der Waals surface area contributed by atoms with E-state index in [9.17, 15) is 9.67 Å². The molecule has 0 aromatic carbocycles. The van der Waals surface area contributed by atoms with Gasteiger partial charge in [0.15, 0.2) is 5.85 Å². The maximum Gasteiger partial charge on any atom is 0.358 e. The average Bonchev–Trinajstić information content (AvgIpc) is 2.28. The summed E-state index contributed by atoms with van der Waals surface area (Å²) in [6, 6.07) is 0. The molecule has 0 spiro atoms. The van der Waals surface area contributed by atoms with Crippen LogP contribution in [0.1, 0.15) is 19.3 Å². The summed E-state index contributed by atoms with van der Waals surface area (Å²) in [5, 5.41) is 9.85. The van der Waals surface area contributed by atoms with Crippen LogP contribution >= 0.6 is 7.60 Å². The molecule has 0 aromatic heterocycles. The van der Waals surface area contributed by atoms with Gasteiger partial charge in [0.1, 0.15) is 0 Å². The summed E-state index contributed by atoms with van der Waals surface area (Å²) in [6.45, 7) is 0. The lowest BCUT2D eigenvalue weighted by Gasteiger charge is -2.27. The minimum absolute atomic E-state index is 0.0225. The fourth-order valence-electron chi connectivity index (χ4n) is 1.64. The Bertz CT molecular complexity index is 243. The first-order valence-electron chi connectivity index (χ1n) is 4.68. The number of hydrogen-bond donors (Lipinski definition) is 1. The Kier molecular flexibility index (Phi) is 4.32. The van der Waals surface area contributed by atoms with E-state index in [2.05, 4.69) is 6.08 Å². The first-order chi connectivity index (χ1) is 6.64. The Morgan fingerprint density at radius 3 is 2.50 bits per heavy atom. The normalized spacial score (nSPS) is 24.9. The van der Waals surface area contributed by atoms with E-state index >= 15 is 0 Å². The molecular weight excluding hydrogens is 203 g/mol.